The zero-order valence-corrected chi connectivity index (χ0v) is 11.8. The Bertz CT molecular complexity index is 617. The molecule has 0 aliphatic rings. The molecule has 0 saturated carbocycles. The first-order valence-corrected chi connectivity index (χ1v) is 6.70. The molecule has 2 rings (SSSR count). The van der Waals surface area contributed by atoms with Crippen LogP contribution in [0.2, 0.25) is 0 Å². The molecule has 1 heterocycles. The second kappa shape index (κ2) is 6.88. The highest BCUT2D eigenvalue weighted by Crippen LogP contribution is 2.27. The minimum atomic E-state index is 0.426. The monoisotopic (exact) mass is 270 g/mol. The van der Waals surface area contributed by atoms with Crippen molar-refractivity contribution in [2.45, 2.75) is 13.8 Å². The average molecular weight is 270 g/mol. The van der Waals surface area contributed by atoms with Crippen LogP contribution in [0, 0.1) is 17.2 Å². The molecule has 0 bridgehead atoms. The molecule has 4 nitrogen and oxygen atoms in total. The zero-order valence-electron chi connectivity index (χ0n) is 11.8. The van der Waals surface area contributed by atoms with E-state index >= 15 is 0 Å². The number of ether oxygens (including phenoxy) is 2. The first-order chi connectivity index (χ1) is 9.72. The Hall–Kier alpha value is -2.12. The molecule has 0 saturated heterocycles. The SMILES string of the molecule is CC(C)COCCOc1c(C#N)cnc2ccccc12. The van der Waals surface area contributed by atoms with Crippen LogP contribution in [0.1, 0.15) is 19.4 Å². The lowest BCUT2D eigenvalue weighted by atomic mass is 10.1. The van der Waals surface area contributed by atoms with E-state index in [-0.39, 0.29) is 0 Å². The highest BCUT2D eigenvalue weighted by Gasteiger charge is 2.09. The molecule has 1 aromatic heterocycles. The number of hydrogen-bond acceptors (Lipinski definition) is 4. The van der Waals surface area contributed by atoms with Gasteiger partial charge in [0.25, 0.3) is 0 Å². The molecule has 0 unspecified atom stereocenters. The molecule has 0 fully saturated rings. The van der Waals surface area contributed by atoms with Crippen molar-refractivity contribution in [3.8, 4) is 11.8 Å². The van der Waals surface area contributed by atoms with Crippen LogP contribution in [0.25, 0.3) is 10.9 Å². The van der Waals surface area contributed by atoms with Crippen LogP contribution in [0.5, 0.6) is 5.75 Å². The third-order valence-corrected chi connectivity index (χ3v) is 2.77. The molecular formula is C16H18N2O2. The van der Waals surface area contributed by atoms with E-state index in [2.05, 4.69) is 24.9 Å². The molecule has 4 heteroatoms. The number of hydrogen-bond donors (Lipinski definition) is 0. The van der Waals surface area contributed by atoms with E-state index in [1.165, 1.54) is 0 Å². The molecule has 0 radical (unpaired) electrons. The van der Waals surface area contributed by atoms with Crippen molar-refractivity contribution in [1.82, 2.24) is 4.98 Å². The number of benzene rings is 1. The summed E-state index contributed by atoms with van der Waals surface area (Å²) in [5.74, 6) is 1.10. The van der Waals surface area contributed by atoms with Gasteiger partial charge in [0.2, 0.25) is 0 Å². The Kier molecular flexibility index (Phi) is 4.91. The highest BCUT2D eigenvalue weighted by molar-refractivity contribution is 5.86. The van der Waals surface area contributed by atoms with Crippen molar-refractivity contribution in [1.29, 1.82) is 5.26 Å². The van der Waals surface area contributed by atoms with Gasteiger partial charge in [-0.3, -0.25) is 4.98 Å². The normalized spacial score (nSPS) is 10.7. The first kappa shape index (κ1) is 14.3. The molecule has 2 aromatic rings. The molecule has 0 aliphatic heterocycles. The van der Waals surface area contributed by atoms with E-state index < -0.39 is 0 Å². The van der Waals surface area contributed by atoms with E-state index in [0.29, 0.717) is 37.1 Å². The van der Waals surface area contributed by atoms with Crippen molar-refractivity contribution in [2.75, 3.05) is 19.8 Å². The summed E-state index contributed by atoms with van der Waals surface area (Å²) in [6.45, 7) is 5.86. The van der Waals surface area contributed by atoms with E-state index in [1.807, 2.05) is 24.3 Å². The third-order valence-electron chi connectivity index (χ3n) is 2.77. The molecule has 0 N–H and O–H groups in total. The number of para-hydroxylation sites is 1. The van der Waals surface area contributed by atoms with Gasteiger partial charge < -0.3 is 9.47 Å². The van der Waals surface area contributed by atoms with Crippen LogP contribution in [0.3, 0.4) is 0 Å². The molecule has 0 aliphatic carbocycles. The lowest BCUT2D eigenvalue weighted by molar-refractivity contribution is 0.0822. The topological polar surface area (TPSA) is 55.1 Å². The van der Waals surface area contributed by atoms with Gasteiger partial charge in [0.05, 0.1) is 12.1 Å². The molecule has 0 atom stereocenters. The summed E-state index contributed by atoms with van der Waals surface area (Å²) in [6, 6.07) is 9.75. The van der Waals surface area contributed by atoms with Crippen LogP contribution in [0.15, 0.2) is 30.5 Å². The molecular weight excluding hydrogens is 252 g/mol. The Morgan fingerprint density at radius 2 is 2.05 bits per heavy atom. The van der Waals surface area contributed by atoms with E-state index in [9.17, 15) is 0 Å². The minimum Gasteiger partial charge on any atom is -0.489 e. The quantitative estimate of drug-likeness (QED) is 0.757. The van der Waals surface area contributed by atoms with Gasteiger partial charge >= 0.3 is 0 Å². The fraction of sp³-hybridized carbons (Fsp3) is 0.375. The van der Waals surface area contributed by atoms with Crippen molar-refractivity contribution >= 4 is 10.9 Å². The molecule has 20 heavy (non-hydrogen) atoms. The van der Waals surface area contributed by atoms with E-state index in [1.54, 1.807) is 6.20 Å². The number of pyridine rings is 1. The van der Waals surface area contributed by atoms with Gasteiger partial charge in [-0.05, 0) is 18.1 Å². The molecule has 104 valence electrons. The van der Waals surface area contributed by atoms with Gasteiger partial charge in [-0.25, -0.2) is 0 Å². The van der Waals surface area contributed by atoms with Gasteiger partial charge in [-0.2, -0.15) is 5.26 Å². The Labute approximate surface area is 119 Å². The first-order valence-electron chi connectivity index (χ1n) is 6.70. The Balaban J connectivity index is 2.10. The minimum absolute atomic E-state index is 0.426. The summed E-state index contributed by atoms with van der Waals surface area (Å²) in [6.07, 6.45) is 1.55. The predicted octanol–water partition coefficient (Wildman–Crippen LogP) is 3.16. The number of aromatic nitrogens is 1. The average Bonchev–Trinajstić information content (AvgIpc) is 2.46. The number of nitrogens with zero attached hydrogens (tertiary/aromatic N) is 2. The van der Waals surface area contributed by atoms with Crippen LogP contribution in [-0.4, -0.2) is 24.8 Å². The second-order valence-corrected chi connectivity index (χ2v) is 4.95. The van der Waals surface area contributed by atoms with Gasteiger partial charge in [-0.15, -0.1) is 0 Å². The smallest absolute Gasteiger partial charge is 0.148 e. The second-order valence-electron chi connectivity index (χ2n) is 4.95. The maximum Gasteiger partial charge on any atom is 0.148 e. The van der Waals surface area contributed by atoms with Crippen molar-refractivity contribution in [3.63, 3.8) is 0 Å². The zero-order chi connectivity index (χ0) is 14.4. The maximum absolute atomic E-state index is 9.15. The Morgan fingerprint density at radius 1 is 1.25 bits per heavy atom. The van der Waals surface area contributed by atoms with Crippen LogP contribution < -0.4 is 4.74 Å². The summed E-state index contributed by atoms with van der Waals surface area (Å²) < 4.78 is 11.2. The Morgan fingerprint density at radius 3 is 2.80 bits per heavy atom. The van der Waals surface area contributed by atoms with Crippen LogP contribution in [0.4, 0.5) is 0 Å². The van der Waals surface area contributed by atoms with Gasteiger partial charge in [0.15, 0.2) is 0 Å². The fourth-order valence-corrected chi connectivity index (χ4v) is 1.87. The summed E-state index contributed by atoms with van der Waals surface area (Å²) in [5.41, 5.74) is 1.28. The van der Waals surface area contributed by atoms with Gasteiger partial charge in [0, 0.05) is 18.2 Å². The molecule has 0 amide bonds. The largest absolute Gasteiger partial charge is 0.489 e. The van der Waals surface area contributed by atoms with E-state index in [0.717, 1.165) is 10.9 Å². The molecule has 1 aromatic carbocycles. The number of rotatable bonds is 6. The lowest BCUT2D eigenvalue weighted by Gasteiger charge is -2.11. The lowest BCUT2D eigenvalue weighted by Crippen LogP contribution is -2.11. The standard InChI is InChI=1S/C16H18N2O2/c1-12(2)11-19-7-8-20-16-13(9-17)10-18-15-6-4-3-5-14(15)16/h3-6,10,12H,7-8,11H2,1-2H3. The van der Waals surface area contributed by atoms with Crippen molar-refractivity contribution in [3.05, 3.63) is 36.0 Å². The van der Waals surface area contributed by atoms with Crippen molar-refractivity contribution < 1.29 is 9.47 Å². The summed E-state index contributed by atoms with van der Waals surface area (Å²) in [7, 11) is 0. The van der Waals surface area contributed by atoms with Crippen LogP contribution >= 0.6 is 0 Å². The summed E-state index contributed by atoms with van der Waals surface area (Å²) in [4.78, 5) is 4.25. The van der Waals surface area contributed by atoms with Gasteiger partial charge in [-0.1, -0.05) is 26.0 Å². The number of nitriles is 1. The summed E-state index contributed by atoms with van der Waals surface area (Å²) >= 11 is 0. The predicted molar refractivity (Wildman–Crippen MR) is 77.6 cm³/mol. The highest BCUT2D eigenvalue weighted by atomic mass is 16.5. The molecule has 0 spiro atoms. The van der Waals surface area contributed by atoms with Crippen LogP contribution in [-0.2, 0) is 4.74 Å². The maximum atomic E-state index is 9.15. The van der Waals surface area contributed by atoms with Gasteiger partial charge in [0.1, 0.15) is 24.0 Å². The number of fused-ring (bicyclic) bond motifs is 1. The summed E-state index contributed by atoms with van der Waals surface area (Å²) in [5, 5.41) is 10.0. The van der Waals surface area contributed by atoms with Crippen molar-refractivity contribution in [2.24, 2.45) is 5.92 Å². The van der Waals surface area contributed by atoms with E-state index in [4.69, 9.17) is 14.7 Å². The fourth-order valence-electron chi connectivity index (χ4n) is 1.87. The third kappa shape index (κ3) is 3.46.